The van der Waals surface area contributed by atoms with Crippen molar-refractivity contribution in [3.05, 3.63) is 77.4 Å². The zero-order valence-corrected chi connectivity index (χ0v) is 14.8. The predicted molar refractivity (Wildman–Crippen MR) is 95.9 cm³/mol. The zero-order chi connectivity index (χ0) is 19.4. The van der Waals surface area contributed by atoms with Gasteiger partial charge in [-0.05, 0) is 55.5 Å². The molecule has 6 nitrogen and oxygen atoms in total. The Morgan fingerprint density at radius 2 is 1.78 bits per heavy atom. The van der Waals surface area contributed by atoms with Crippen LogP contribution in [0.25, 0.3) is 5.69 Å². The standard InChI is InChI=1S/C20H17FN2O4/c1-13-9-10-22-23(13)16-6-3-14(4-7-16)20(25)27-12-18(24)15-5-8-19(26-2)17(21)11-15/h3-11H,12H2,1-2H3. The molecule has 0 aliphatic heterocycles. The third-order valence-corrected chi connectivity index (χ3v) is 3.99. The van der Waals surface area contributed by atoms with E-state index in [-0.39, 0.29) is 11.3 Å². The van der Waals surface area contributed by atoms with Crippen LogP contribution in [0, 0.1) is 12.7 Å². The molecule has 0 bridgehead atoms. The summed E-state index contributed by atoms with van der Waals surface area (Å²) in [5.41, 5.74) is 2.17. The number of benzene rings is 2. The quantitative estimate of drug-likeness (QED) is 0.493. The van der Waals surface area contributed by atoms with E-state index in [4.69, 9.17) is 9.47 Å². The molecule has 138 valence electrons. The van der Waals surface area contributed by atoms with E-state index in [0.29, 0.717) is 5.56 Å². The van der Waals surface area contributed by atoms with E-state index >= 15 is 0 Å². The Kier molecular flexibility index (Phi) is 5.30. The Bertz CT molecular complexity index is 980. The van der Waals surface area contributed by atoms with E-state index in [1.54, 1.807) is 35.1 Å². The van der Waals surface area contributed by atoms with Gasteiger partial charge in [-0.25, -0.2) is 13.9 Å². The molecule has 0 N–H and O–H groups in total. The summed E-state index contributed by atoms with van der Waals surface area (Å²) in [5, 5.41) is 4.19. The van der Waals surface area contributed by atoms with Crippen molar-refractivity contribution in [3.63, 3.8) is 0 Å². The van der Waals surface area contributed by atoms with Crippen molar-refractivity contribution in [3.8, 4) is 11.4 Å². The number of carbonyl (C=O) groups is 2. The number of esters is 1. The number of ketones is 1. The zero-order valence-electron chi connectivity index (χ0n) is 14.8. The largest absolute Gasteiger partial charge is 0.494 e. The number of aryl methyl sites for hydroxylation is 1. The van der Waals surface area contributed by atoms with Crippen molar-refractivity contribution in [2.45, 2.75) is 6.92 Å². The third kappa shape index (κ3) is 4.03. The Labute approximate surface area is 155 Å². The van der Waals surface area contributed by atoms with Crippen LogP contribution >= 0.6 is 0 Å². The lowest BCUT2D eigenvalue weighted by molar-refractivity contribution is 0.0474. The Hall–Kier alpha value is -3.48. The lowest BCUT2D eigenvalue weighted by Gasteiger charge is -2.08. The first-order valence-corrected chi connectivity index (χ1v) is 8.14. The number of nitrogens with zero attached hydrogens (tertiary/aromatic N) is 2. The summed E-state index contributed by atoms with van der Waals surface area (Å²) >= 11 is 0. The van der Waals surface area contributed by atoms with Gasteiger partial charge in [-0.2, -0.15) is 5.10 Å². The predicted octanol–water partition coefficient (Wildman–Crippen LogP) is 3.37. The molecule has 3 rings (SSSR count). The molecule has 1 aromatic heterocycles. The minimum atomic E-state index is -0.654. The molecule has 0 unspecified atom stereocenters. The number of halogens is 1. The summed E-state index contributed by atoms with van der Waals surface area (Å²) in [6.45, 7) is 1.44. The van der Waals surface area contributed by atoms with Crippen molar-refractivity contribution in [2.24, 2.45) is 0 Å². The van der Waals surface area contributed by atoms with Crippen LogP contribution in [0.1, 0.15) is 26.4 Å². The van der Waals surface area contributed by atoms with Crippen molar-refractivity contribution >= 4 is 11.8 Å². The average molecular weight is 368 g/mol. The van der Waals surface area contributed by atoms with Gasteiger partial charge in [0.1, 0.15) is 0 Å². The maximum atomic E-state index is 13.7. The highest BCUT2D eigenvalue weighted by Crippen LogP contribution is 2.18. The fourth-order valence-corrected chi connectivity index (χ4v) is 2.52. The lowest BCUT2D eigenvalue weighted by atomic mass is 10.1. The van der Waals surface area contributed by atoms with Crippen molar-refractivity contribution in [1.29, 1.82) is 0 Å². The van der Waals surface area contributed by atoms with Gasteiger partial charge >= 0.3 is 5.97 Å². The SMILES string of the molecule is COc1ccc(C(=O)COC(=O)c2ccc(-n3nccc3C)cc2)cc1F. The molecule has 1 heterocycles. The van der Waals surface area contributed by atoms with Gasteiger partial charge in [-0.3, -0.25) is 4.79 Å². The van der Waals surface area contributed by atoms with E-state index in [9.17, 15) is 14.0 Å². The summed E-state index contributed by atoms with van der Waals surface area (Å²) in [5.74, 6) is -1.76. The highest BCUT2D eigenvalue weighted by atomic mass is 19.1. The summed E-state index contributed by atoms with van der Waals surface area (Å²) in [6.07, 6.45) is 1.69. The molecule has 0 aliphatic rings. The number of aromatic nitrogens is 2. The molecule has 0 radical (unpaired) electrons. The highest BCUT2D eigenvalue weighted by molar-refractivity contribution is 5.99. The Morgan fingerprint density at radius 1 is 1.07 bits per heavy atom. The van der Waals surface area contributed by atoms with E-state index in [2.05, 4.69) is 5.10 Å². The van der Waals surface area contributed by atoms with Gasteiger partial charge in [-0.1, -0.05) is 0 Å². The van der Waals surface area contributed by atoms with Crippen LogP contribution in [0.3, 0.4) is 0 Å². The van der Waals surface area contributed by atoms with Gasteiger partial charge in [0.2, 0.25) is 0 Å². The molecule has 2 aromatic carbocycles. The Balaban J connectivity index is 1.63. The van der Waals surface area contributed by atoms with E-state index < -0.39 is 24.2 Å². The second-order valence-electron chi connectivity index (χ2n) is 5.78. The topological polar surface area (TPSA) is 70.4 Å². The Morgan fingerprint density at radius 3 is 2.37 bits per heavy atom. The van der Waals surface area contributed by atoms with Crippen LogP contribution in [0.15, 0.2) is 54.7 Å². The maximum absolute atomic E-state index is 13.7. The fourth-order valence-electron chi connectivity index (χ4n) is 2.52. The van der Waals surface area contributed by atoms with Gasteiger partial charge in [0.15, 0.2) is 24.0 Å². The summed E-state index contributed by atoms with van der Waals surface area (Å²) in [7, 11) is 1.33. The number of hydrogen-bond acceptors (Lipinski definition) is 5. The number of rotatable bonds is 6. The van der Waals surface area contributed by atoms with Crippen LogP contribution < -0.4 is 4.74 Å². The minimum absolute atomic E-state index is 0.0380. The van der Waals surface area contributed by atoms with Crippen LogP contribution in [0.4, 0.5) is 4.39 Å². The second kappa shape index (κ2) is 7.82. The first-order valence-electron chi connectivity index (χ1n) is 8.14. The summed E-state index contributed by atoms with van der Waals surface area (Å²) in [4.78, 5) is 24.2. The van der Waals surface area contributed by atoms with E-state index in [1.807, 2.05) is 13.0 Å². The number of carbonyl (C=O) groups excluding carboxylic acids is 2. The van der Waals surface area contributed by atoms with Crippen molar-refractivity contribution in [2.75, 3.05) is 13.7 Å². The number of ether oxygens (including phenoxy) is 2. The molecule has 0 saturated carbocycles. The molecule has 3 aromatic rings. The van der Waals surface area contributed by atoms with Crippen LogP contribution in [0.2, 0.25) is 0 Å². The van der Waals surface area contributed by atoms with Crippen LogP contribution in [-0.4, -0.2) is 35.2 Å². The molecule has 0 saturated heterocycles. The van der Waals surface area contributed by atoms with E-state index in [0.717, 1.165) is 17.4 Å². The minimum Gasteiger partial charge on any atom is -0.494 e. The summed E-state index contributed by atoms with van der Waals surface area (Å²) < 4.78 is 25.2. The first-order chi connectivity index (χ1) is 13.0. The first kappa shape index (κ1) is 18.3. The van der Waals surface area contributed by atoms with Crippen LogP contribution in [0.5, 0.6) is 5.75 Å². The van der Waals surface area contributed by atoms with Crippen LogP contribution in [-0.2, 0) is 4.74 Å². The smallest absolute Gasteiger partial charge is 0.338 e. The molecule has 0 atom stereocenters. The molecule has 0 aliphatic carbocycles. The van der Waals surface area contributed by atoms with Gasteiger partial charge in [0.25, 0.3) is 0 Å². The molecular formula is C20H17FN2O4. The average Bonchev–Trinajstić information content (AvgIpc) is 3.11. The normalized spacial score (nSPS) is 10.5. The molecule has 0 spiro atoms. The molecule has 7 heteroatoms. The van der Waals surface area contributed by atoms with Gasteiger partial charge in [0, 0.05) is 17.5 Å². The lowest BCUT2D eigenvalue weighted by Crippen LogP contribution is -2.14. The number of Topliss-reactive ketones (excluding diaryl/α,β-unsaturated/α-hetero) is 1. The third-order valence-electron chi connectivity index (χ3n) is 3.99. The summed E-state index contributed by atoms with van der Waals surface area (Å²) in [6, 6.07) is 12.3. The molecule has 0 fully saturated rings. The molecule has 27 heavy (non-hydrogen) atoms. The number of methoxy groups -OCH3 is 1. The monoisotopic (exact) mass is 368 g/mol. The molecule has 0 amide bonds. The second-order valence-corrected chi connectivity index (χ2v) is 5.78. The van der Waals surface area contributed by atoms with Gasteiger partial charge in [-0.15, -0.1) is 0 Å². The van der Waals surface area contributed by atoms with Crippen molar-refractivity contribution in [1.82, 2.24) is 9.78 Å². The van der Waals surface area contributed by atoms with Gasteiger partial charge < -0.3 is 9.47 Å². The maximum Gasteiger partial charge on any atom is 0.338 e. The number of hydrogen-bond donors (Lipinski definition) is 0. The fraction of sp³-hybridized carbons (Fsp3) is 0.150. The highest BCUT2D eigenvalue weighted by Gasteiger charge is 2.14. The van der Waals surface area contributed by atoms with E-state index in [1.165, 1.54) is 19.2 Å². The molecular weight excluding hydrogens is 351 g/mol. The van der Waals surface area contributed by atoms with Crippen molar-refractivity contribution < 1.29 is 23.5 Å². The van der Waals surface area contributed by atoms with Gasteiger partial charge in [0.05, 0.1) is 18.4 Å².